The average molecular weight is 292 g/mol. The van der Waals surface area contributed by atoms with Gasteiger partial charge in [-0.3, -0.25) is 9.69 Å². The van der Waals surface area contributed by atoms with Crippen LogP contribution in [-0.4, -0.2) is 42.8 Å². The van der Waals surface area contributed by atoms with E-state index in [2.05, 4.69) is 0 Å². The van der Waals surface area contributed by atoms with Gasteiger partial charge in [0.1, 0.15) is 0 Å². The van der Waals surface area contributed by atoms with Crippen LogP contribution in [0.15, 0.2) is 18.2 Å². The van der Waals surface area contributed by atoms with Gasteiger partial charge in [-0.15, -0.1) is 0 Å². The number of carbonyl (C=O) groups excluding carboxylic acids is 1. The molecule has 0 amide bonds. The molecule has 0 aromatic heterocycles. The standard InChI is InChI=1S/C12H15Cl2NOS/c1-15(5-6-17-2)8-12(16)10-7-9(13)3-4-11(10)14/h3-4,7H,5-6,8H2,1-2H3. The van der Waals surface area contributed by atoms with Crippen molar-refractivity contribution in [3.8, 4) is 0 Å². The van der Waals surface area contributed by atoms with Crippen LogP contribution in [-0.2, 0) is 0 Å². The summed E-state index contributed by atoms with van der Waals surface area (Å²) in [6.45, 7) is 1.24. The third kappa shape index (κ3) is 4.88. The van der Waals surface area contributed by atoms with Crippen molar-refractivity contribution in [1.82, 2.24) is 4.90 Å². The second-order valence-corrected chi connectivity index (χ2v) is 5.61. The zero-order chi connectivity index (χ0) is 12.8. The predicted octanol–water partition coefficient (Wildman–Crippen LogP) is 3.47. The molecule has 5 heteroatoms. The number of carbonyl (C=O) groups is 1. The molecule has 0 radical (unpaired) electrons. The summed E-state index contributed by atoms with van der Waals surface area (Å²) >= 11 is 13.6. The fourth-order valence-electron chi connectivity index (χ4n) is 1.37. The maximum absolute atomic E-state index is 12.0. The summed E-state index contributed by atoms with van der Waals surface area (Å²) in [7, 11) is 1.92. The molecular weight excluding hydrogens is 277 g/mol. The van der Waals surface area contributed by atoms with Crippen molar-refractivity contribution in [2.24, 2.45) is 0 Å². The maximum Gasteiger partial charge on any atom is 0.178 e. The summed E-state index contributed by atoms with van der Waals surface area (Å²) in [6.07, 6.45) is 2.05. The van der Waals surface area contributed by atoms with Gasteiger partial charge in [0.15, 0.2) is 5.78 Å². The molecule has 0 aliphatic carbocycles. The quantitative estimate of drug-likeness (QED) is 0.749. The fourth-order valence-corrected chi connectivity index (χ4v) is 2.26. The van der Waals surface area contributed by atoms with Crippen molar-refractivity contribution < 1.29 is 4.79 Å². The molecule has 2 nitrogen and oxygen atoms in total. The van der Waals surface area contributed by atoms with Crippen molar-refractivity contribution in [2.75, 3.05) is 32.1 Å². The largest absolute Gasteiger partial charge is 0.298 e. The molecule has 0 saturated carbocycles. The highest BCUT2D eigenvalue weighted by Crippen LogP contribution is 2.21. The molecule has 0 heterocycles. The topological polar surface area (TPSA) is 20.3 Å². The zero-order valence-corrected chi connectivity index (χ0v) is 12.2. The van der Waals surface area contributed by atoms with E-state index in [0.717, 1.165) is 12.3 Å². The lowest BCUT2D eigenvalue weighted by atomic mass is 10.1. The number of nitrogens with zero attached hydrogens (tertiary/aromatic N) is 1. The summed E-state index contributed by atoms with van der Waals surface area (Å²) in [6, 6.07) is 4.95. The Labute approximate surface area is 116 Å². The third-order valence-electron chi connectivity index (χ3n) is 2.32. The molecular formula is C12H15Cl2NOS. The van der Waals surface area contributed by atoms with Crippen LogP contribution in [0.3, 0.4) is 0 Å². The summed E-state index contributed by atoms with van der Waals surface area (Å²) in [4.78, 5) is 14.0. The first-order valence-corrected chi connectivity index (χ1v) is 7.35. The van der Waals surface area contributed by atoms with Gasteiger partial charge in [0.2, 0.25) is 0 Å². The Morgan fingerprint density at radius 1 is 1.41 bits per heavy atom. The molecule has 0 aliphatic rings. The van der Waals surface area contributed by atoms with Gasteiger partial charge in [-0.2, -0.15) is 11.8 Å². The van der Waals surface area contributed by atoms with Gasteiger partial charge in [-0.25, -0.2) is 0 Å². The predicted molar refractivity (Wildman–Crippen MR) is 76.7 cm³/mol. The SMILES string of the molecule is CSCCN(C)CC(=O)c1cc(Cl)ccc1Cl. The molecule has 1 aromatic rings. The van der Waals surface area contributed by atoms with Gasteiger partial charge in [-0.1, -0.05) is 23.2 Å². The van der Waals surface area contributed by atoms with Gasteiger partial charge in [0.25, 0.3) is 0 Å². The van der Waals surface area contributed by atoms with Crippen LogP contribution >= 0.6 is 35.0 Å². The highest BCUT2D eigenvalue weighted by atomic mass is 35.5. The Morgan fingerprint density at radius 3 is 2.76 bits per heavy atom. The third-order valence-corrected chi connectivity index (χ3v) is 3.47. The Balaban J connectivity index is 2.66. The molecule has 0 atom stereocenters. The van der Waals surface area contributed by atoms with Crippen LogP contribution in [0.1, 0.15) is 10.4 Å². The van der Waals surface area contributed by atoms with E-state index < -0.39 is 0 Å². The number of hydrogen-bond acceptors (Lipinski definition) is 3. The monoisotopic (exact) mass is 291 g/mol. The molecule has 94 valence electrons. The van der Waals surface area contributed by atoms with E-state index in [1.165, 1.54) is 0 Å². The van der Waals surface area contributed by atoms with Crippen molar-refractivity contribution in [3.05, 3.63) is 33.8 Å². The van der Waals surface area contributed by atoms with Crippen LogP contribution < -0.4 is 0 Å². The minimum atomic E-state index is 0.00102. The van der Waals surface area contributed by atoms with Crippen LogP contribution in [0.4, 0.5) is 0 Å². The van der Waals surface area contributed by atoms with Gasteiger partial charge in [0, 0.05) is 22.9 Å². The number of likely N-dealkylation sites (N-methyl/N-ethyl adjacent to an activating group) is 1. The van der Waals surface area contributed by atoms with E-state index in [4.69, 9.17) is 23.2 Å². The van der Waals surface area contributed by atoms with Gasteiger partial charge < -0.3 is 0 Å². The first-order valence-electron chi connectivity index (χ1n) is 5.20. The second-order valence-electron chi connectivity index (χ2n) is 3.78. The van der Waals surface area contributed by atoms with Crippen molar-refractivity contribution >= 4 is 40.7 Å². The van der Waals surface area contributed by atoms with E-state index in [-0.39, 0.29) is 5.78 Å². The fraction of sp³-hybridized carbons (Fsp3) is 0.417. The summed E-state index contributed by atoms with van der Waals surface area (Å²) in [5.74, 6) is 1.01. The molecule has 0 aliphatic heterocycles. The summed E-state index contributed by atoms with van der Waals surface area (Å²) in [5.41, 5.74) is 0.496. The first-order chi connectivity index (χ1) is 8.04. The van der Waals surface area contributed by atoms with Crippen LogP contribution in [0.5, 0.6) is 0 Å². The number of hydrogen-bond donors (Lipinski definition) is 0. The number of rotatable bonds is 6. The van der Waals surface area contributed by atoms with Gasteiger partial charge in [0.05, 0.1) is 11.6 Å². The second kappa shape index (κ2) is 7.27. The van der Waals surface area contributed by atoms with Crippen molar-refractivity contribution in [3.63, 3.8) is 0 Å². The molecule has 0 N–H and O–H groups in total. The highest BCUT2D eigenvalue weighted by Gasteiger charge is 2.13. The van der Waals surface area contributed by atoms with Gasteiger partial charge in [-0.05, 0) is 31.5 Å². The van der Waals surface area contributed by atoms with Crippen LogP contribution in [0.2, 0.25) is 10.0 Å². The zero-order valence-electron chi connectivity index (χ0n) is 9.87. The number of Topliss-reactive ketones (excluding diaryl/α,β-unsaturated/α-hetero) is 1. The Hall–Kier alpha value is -0.220. The number of halogens is 2. The molecule has 1 rings (SSSR count). The summed E-state index contributed by atoms with van der Waals surface area (Å²) in [5, 5.41) is 0.988. The van der Waals surface area contributed by atoms with E-state index in [9.17, 15) is 4.79 Å². The normalized spacial score (nSPS) is 10.9. The van der Waals surface area contributed by atoms with E-state index in [1.807, 2.05) is 18.2 Å². The molecule has 0 unspecified atom stereocenters. The lowest BCUT2D eigenvalue weighted by Crippen LogP contribution is -2.28. The lowest BCUT2D eigenvalue weighted by Gasteiger charge is -2.15. The molecule has 1 aromatic carbocycles. The lowest BCUT2D eigenvalue weighted by molar-refractivity contribution is 0.0949. The Morgan fingerprint density at radius 2 is 2.12 bits per heavy atom. The first kappa shape index (κ1) is 14.8. The van der Waals surface area contributed by atoms with Crippen molar-refractivity contribution in [1.29, 1.82) is 0 Å². The maximum atomic E-state index is 12.0. The smallest absolute Gasteiger partial charge is 0.178 e. The number of ketones is 1. The number of thioether (sulfide) groups is 1. The minimum Gasteiger partial charge on any atom is -0.298 e. The van der Waals surface area contributed by atoms with Crippen LogP contribution in [0.25, 0.3) is 0 Å². The molecule has 0 bridgehead atoms. The Kier molecular flexibility index (Phi) is 6.34. The average Bonchev–Trinajstić information content (AvgIpc) is 2.29. The molecule has 17 heavy (non-hydrogen) atoms. The summed E-state index contributed by atoms with van der Waals surface area (Å²) < 4.78 is 0. The van der Waals surface area contributed by atoms with Crippen LogP contribution in [0, 0.1) is 0 Å². The highest BCUT2D eigenvalue weighted by molar-refractivity contribution is 7.98. The van der Waals surface area contributed by atoms with Gasteiger partial charge >= 0.3 is 0 Å². The molecule has 0 spiro atoms. The van der Waals surface area contributed by atoms with E-state index in [1.54, 1.807) is 30.0 Å². The molecule has 0 fully saturated rings. The van der Waals surface area contributed by atoms with E-state index >= 15 is 0 Å². The Bertz CT molecular complexity index is 398. The minimum absolute atomic E-state index is 0.00102. The molecule has 0 saturated heterocycles. The van der Waals surface area contributed by atoms with Crippen molar-refractivity contribution in [2.45, 2.75) is 0 Å². The number of benzene rings is 1. The van der Waals surface area contributed by atoms with E-state index in [0.29, 0.717) is 22.2 Å².